The van der Waals surface area contributed by atoms with E-state index in [9.17, 15) is 9.59 Å². The van der Waals surface area contributed by atoms with E-state index in [0.717, 1.165) is 44.2 Å². The lowest BCUT2D eigenvalue weighted by Crippen LogP contribution is -2.41. The molecule has 1 aliphatic rings. The summed E-state index contributed by atoms with van der Waals surface area (Å²) in [6, 6.07) is 16.8. The van der Waals surface area contributed by atoms with Gasteiger partial charge in [0.2, 0.25) is 5.91 Å². The molecule has 0 radical (unpaired) electrons. The summed E-state index contributed by atoms with van der Waals surface area (Å²) in [6.45, 7) is 4.85. The molecule has 0 aliphatic heterocycles. The Labute approximate surface area is 190 Å². The SMILES string of the molecule is CCCCN(C(=O)C1CCCCC1)C(C)c1nc2ccccc2c(=O)n1-c1ccccc1. The van der Waals surface area contributed by atoms with Crippen molar-refractivity contribution >= 4 is 16.8 Å². The predicted octanol–water partition coefficient (Wildman–Crippen LogP) is 5.66. The lowest BCUT2D eigenvalue weighted by Gasteiger charge is -2.34. The molecule has 4 rings (SSSR count). The van der Waals surface area contributed by atoms with Gasteiger partial charge in [-0.3, -0.25) is 14.2 Å². The summed E-state index contributed by atoms with van der Waals surface area (Å²) in [4.78, 5) is 34.1. The molecule has 1 heterocycles. The zero-order chi connectivity index (χ0) is 22.5. The molecular formula is C27H33N3O2. The minimum absolute atomic E-state index is 0.0837. The molecule has 0 spiro atoms. The molecule has 1 saturated carbocycles. The molecular weight excluding hydrogens is 398 g/mol. The molecule has 1 amide bonds. The second-order valence-electron chi connectivity index (χ2n) is 8.86. The van der Waals surface area contributed by atoms with E-state index in [1.54, 1.807) is 4.57 Å². The summed E-state index contributed by atoms with van der Waals surface area (Å²) in [5, 5.41) is 0.589. The van der Waals surface area contributed by atoms with E-state index in [4.69, 9.17) is 4.98 Å². The van der Waals surface area contributed by atoms with Gasteiger partial charge in [-0.1, -0.05) is 62.9 Å². The van der Waals surface area contributed by atoms with Crippen LogP contribution in [0.25, 0.3) is 16.6 Å². The van der Waals surface area contributed by atoms with Gasteiger partial charge in [-0.15, -0.1) is 0 Å². The van der Waals surface area contributed by atoms with Gasteiger partial charge in [0.1, 0.15) is 5.82 Å². The normalized spacial score (nSPS) is 15.6. The zero-order valence-corrected chi connectivity index (χ0v) is 19.2. The van der Waals surface area contributed by atoms with Crippen molar-refractivity contribution in [2.45, 2.75) is 64.8 Å². The monoisotopic (exact) mass is 431 g/mol. The standard InChI is InChI=1S/C27H33N3O2/c1-3-4-19-29(26(31)21-13-7-5-8-14-21)20(2)25-28-24-18-12-11-17-23(24)27(32)30(25)22-15-9-6-10-16-22/h6,9-12,15-18,20-21H,3-5,7-8,13-14,19H2,1-2H3. The molecule has 0 saturated heterocycles. The third kappa shape index (κ3) is 4.47. The number of aromatic nitrogens is 2. The Balaban J connectivity index is 1.83. The van der Waals surface area contributed by atoms with E-state index in [-0.39, 0.29) is 23.4 Å². The third-order valence-corrected chi connectivity index (χ3v) is 6.65. The molecule has 0 bridgehead atoms. The molecule has 1 fully saturated rings. The highest BCUT2D eigenvalue weighted by Gasteiger charge is 2.31. The first-order chi connectivity index (χ1) is 15.6. The van der Waals surface area contributed by atoms with E-state index >= 15 is 0 Å². The van der Waals surface area contributed by atoms with Crippen LogP contribution in [0.1, 0.15) is 70.7 Å². The number of hydrogen-bond donors (Lipinski definition) is 0. The number of carbonyl (C=O) groups excluding carboxylic acids is 1. The van der Waals surface area contributed by atoms with E-state index in [0.29, 0.717) is 23.3 Å². The minimum atomic E-state index is -0.298. The minimum Gasteiger partial charge on any atom is -0.333 e. The molecule has 32 heavy (non-hydrogen) atoms. The second kappa shape index (κ2) is 10.1. The number of fused-ring (bicyclic) bond motifs is 1. The molecule has 168 valence electrons. The summed E-state index contributed by atoms with van der Waals surface area (Å²) in [7, 11) is 0. The van der Waals surface area contributed by atoms with Crippen LogP contribution in [0.15, 0.2) is 59.4 Å². The topological polar surface area (TPSA) is 55.2 Å². The molecule has 1 aliphatic carbocycles. The number of benzene rings is 2. The second-order valence-corrected chi connectivity index (χ2v) is 8.86. The van der Waals surface area contributed by atoms with Gasteiger partial charge < -0.3 is 4.90 Å². The van der Waals surface area contributed by atoms with Crippen molar-refractivity contribution in [3.8, 4) is 5.69 Å². The van der Waals surface area contributed by atoms with Crippen LogP contribution >= 0.6 is 0 Å². The average molecular weight is 432 g/mol. The van der Waals surface area contributed by atoms with Crippen LogP contribution in [-0.4, -0.2) is 26.9 Å². The quantitative estimate of drug-likeness (QED) is 0.485. The van der Waals surface area contributed by atoms with Crippen molar-refractivity contribution in [1.82, 2.24) is 14.5 Å². The summed E-state index contributed by atoms with van der Waals surface area (Å²) < 4.78 is 1.69. The summed E-state index contributed by atoms with van der Waals surface area (Å²) >= 11 is 0. The van der Waals surface area contributed by atoms with Gasteiger partial charge in [0.25, 0.3) is 5.56 Å². The Hall–Kier alpha value is -2.95. The smallest absolute Gasteiger partial charge is 0.266 e. The molecule has 1 unspecified atom stereocenters. The van der Waals surface area contributed by atoms with Crippen LogP contribution in [0.5, 0.6) is 0 Å². The van der Waals surface area contributed by atoms with Crippen molar-refractivity contribution in [2.75, 3.05) is 6.54 Å². The van der Waals surface area contributed by atoms with Gasteiger partial charge in [-0.25, -0.2) is 4.98 Å². The first-order valence-corrected chi connectivity index (χ1v) is 12.0. The molecule has 2 aromatic carbocycles. The fourth-order valence-electron chi connectivity index (χ4n) is 4.80. The molecule has 5 heteroatoms. The van der Waals surface area contributed by atoms with Gasteiger partial charge in [0, 0.05) is 12.5 Å². The van der Waals surface area contributed by atoms with E-state index in [2.05, 4.69) is 6.92 Å². The largest absolute Gasteiger partial charge is 0.333 e. The van der Waals surface area contributed by atoms with Crippen LogP contribution in [0.2, 0.25) is 0 Å². The summed E-state index contributed by atoms with van der Waals surface area (Å²) in [6.07, 6.45) is 7.33. The van der Waals surface area contributed by atoms with E-state index in [1.807, 2.05) is 66.4 Å². The van der Waals surface area contributed by atoms with Crippen LogP contribution in [0.3, 0.4) is 0 Å². The molecule has 1 aromatic heterocycles. The highest BCUT2D eigenvalue weighted by Crippen LogP contribution is 2.30. The van der Waals surface area contributed by atoms with Crippen LogP contribution in [0, 0.1) is 5.92 Å². The van der Waals surface area contributed by atoms with Crippen molar-refractivity contribution in [3.63, 3.8) is 0 Å². The molecule has 3 aromatic rings. The number of nitrogens with zero attached hydrogens (tertiary/aromatic N) is 3. The lowest BCUT2D eigenvalue weighted by atomic mass is 9.88. The Morgan fingerprint density at radius 3 is 2.47 bits per heavy atom. The number of carbonyl (C=O) groups is 1. The maximum Gasteiger partial charge on any atom is 0.266 e. The fourth-order valence-corrected chi connectivity index (χ4v) is 4.80. The van der Waals surface area contributed by atoms with Gasteiger partial charge in [-0.05, 0) is 50.5 Å². The van der Waals surface area contributed by atoms with Crippen molar-refractivity contribution in [2.24, 2.45) is 5.92 Å². The predicted molar refractivity (Wildman–Crippen MR) is 129 cm³/mol. The van der Waals surface area contributed by atoms with Crippen molar-refractivity contribution in [3.05, 3.63) is 70.8 Å². The van der Waals surface area contributed by atoms with Crippen molar-refractivity contribution < 1.29 is 4.79 Å². The Bertz CT molecular complexity index is 1120. The summed E-state index contributed by atoms with van der Waals surface area (Å²) in [5.41, 5.74) is 1.36. The number of unbranched alkanes of at least 4 members (excludes halogenated alkanes) is 1. The number of amides is 1. The van der Waals surface area contributed by atoms with E-state index in [1.165, 1.54) is 6.42 Å². The highest BCUT2D eigenvalue weighted by molar-refractivity contribution is 5.80. The van der Waals surface area contributed by atoms with Crippen LogP contribution in [-0.2, 0) is 4.79 Å². The van der Waals surface area contributed by atoms with Gasteiger partial charge >= 0.3 is 0 Å². The van der Waals surface area contributed by atoms with Gasteiger partial charge in [0.15, 0.2) is 0 Å². The molecule has 0 N–H and O–H groups in total. The molecule has 1 atom stereocenters. The Morgan fingerprint density at radius 2 is 1.75 bits per heavy atom. The Kier molecular flexibility index (Phi) is 7.03. The number of para-hydroxylation sites is 2. The lowest BCUT2D eigenvalue weighted by molar-refractivity contribution is -0.139. The van der Waals surface area contributed by atoms with E-state index < -0.39 is 0 Å². The summed E-state index contributed by atoms with van der Waals surface area (Å²) in [5.74, 6) is 0.924. The third-order valence-electron chi connectivity index (χ3n) is 6.65. The maximum absolute atomic E-state index is 13.6. The Morgan fingerprint density at radius 1 is 1.06 bits per heavy atom. The fraction of sp³-hybridized carbons (Fsp3) is 0.444. The van der Waals surface area contributed by atoms with Gasteiger partial charge in [-0.2, -0.15) is 0 Å². The highest BCUT2D eigenvalue weighted by atomic mass is 16.2. The zero-order valence-electron chi connectivity index (χ0n) is 19.2. The number of hydrogen-bond acceptors (Lipinski definition) is 3. The van der Waals surface area contributed by atoms with Crippen LogP contribution in [0.4, 0.5) is 0 Å². The van der Waals surface area contributed by atoms with Crippen LogP contribution < -0.4 is 5.56 Å². The van der Waals surface area contributed by atoms with Gasteiger partial charge in [0.05, 0.1) is 22.6 Å². The maximum atomic E-state index is 13.6. The first-order valence-electron chi connectivity index (χ1n) is 12.0. The van der Waals surface area contributed by atoms with Crippen molar-refractivity contribution in [1.29, 1.82) is 0 Å². The first kappa shape index (κ1) is 22.3. The number of rotatable bonds is 7. The molecule has 5 nitrogen and oxygen atoms in total. The average Bonchev–Trinajstić information content (AvgIpc) is 2.85.